The number of ketones is 1. The van der Waals surface area contributed by atoms with Crippen molar-refractivity contribution in [3.8, 4) is 0 Å². The number of aromatic nitrogens is 2. The Labute approximate surface area is 163 Å². The third-order valence-corrected chi connectivity index (χ3v) is 6.26. The fraction of sp³-hybridized carbons (Fsp3) is 0.348. The molecule has 1 aliphatic carbocycles. The van der Waals surface area contributed by atoms with Gasteiger partial charge in [0.2, 0.25) is 0 Å². The largest absolute Gasteiger partial charge is 0.337 e. The van der Waals surface area contributed by atoms with Crippen LogP contribution < -0.4 is 0 Å². The third-order valence-electron chi connectivity index (χ3n) is 6.26. The lowest BCUT2D eigenvalue weighted by atomic mass is 9.87. The molecule has 1 aromatic heterocycles. The summed E-state index contributed by atoms with van der Waals surface area (Å²) in [5, 5.41) is 6.44. The number of nitrogens with zero attached hydrogens (tertiary/aromatic N) is 3. The van der Waals surface area contributed by atoms with Gasteiger partial charge in [-0.25, -0.2) is 0 Å². The van der Waals surface area contributed by atoms with E-state index in [1.807, 2.05) is 11.0 Å². The highest BCUT2D eigenvalue weighted by Crippen LogP contribution is 2.34. The summed E-state index contributed by atoms with van der Waals surface area (Å²) in [6, 6.07) is 12.1. The molecule has 0 radical (unpaired) electrons. The van der Waals surface area contributed by atoms with Gasteiger partial charge in [-0.3, -0.25) is 14.3 Å². The summed E-state index contributed by atoms with van der Waals surface area (Å²) < 4.78 is 1.59. The Balaban J connectivity index is 1.44. The Hall–Kier alpha value is -2.95. The minimum Gasteiger partial charge on any atom is -0.337 e. The smallest absolute Gasteiger partial charge is 0.272 e. The van der Waals surface area contributed by atoms with Gasteiger partial charge in [-0.2, -0.15) is 5.10 Å². The van der Waals surface area contributed by atoms with Gasteiger partial charge < -0.3 is 4.90 Å². The molecule has 5 heteroatoms. The molecule has 1 aliphatic heterocycles. The lowest BCUT2D eigenvalue weighted by molar-refractivity contribution is 0.0628. The van der Waals surface area contributed by atoms with Gasteiger partial charge in [-0.05, 0) is 53.6 Å². The van der Waals surface area contributed by atoms with Crippen molar-refractivity contribution in [3.63, 3.8) is 0 Å². The van der Waals surface area contributed by atoms with E-state index in [0.717, 1.165) is 36.6 Å². The highest BCUT2D eigenvalue weighted by atomic mass is 16.2. The van der Waals surface area contributed by atoms with E-state index in [-0.39, 0.29) is 17.6 Å². The minimum atomic E-state index is -0.149. The van der Waals surface area contributed by atoms with Crippen LogP contribution in [0, 0.1) is 5.92 Å². The van der Waals surface area contributed by atoms with E-state index in [1.54, 1.807) is 24.0 Å². The van der Waals surface area contributed by atoms with Crippen LogP contribution in [0.1, 0.15) is 44.8 Å². The van der Waals surface area contributed by atoms with Crippen molar-refractivity contribution >= 4 is 22.5 Å². The van der Waals surface area contributed by atoms with Crippen LogP contribution in [0.4, 0.5) is 0 Å². The fourth-order valence-electron chi connectivity index (χ4n) is 4.80. The lowest BCUT2D eigenvalue weighted by Crippen LogP contribution is -2.43. The van der Waals surface area contributed by atoms with E-state index in [9.17, 15) is 9.59 Å². The number of hydrogen-bond acceptors (Lipinski definition) is 3. The van der Waals surface area contributed by atoms with Gasteiger partial charge in [0.05, 0.1) is 0 Å². The molecule has 0 unspecified atom stereocenters. The van der Waals surface area contributed by atoms with Crippen molar-refractivity contribution in [2.45, 2.75) is 25.7 Å². The molecule has 2 heterocycles. The summed E-state index contributed by atoms with van der Waals surface area (Å²) in [5.41, 5.74) is 4.07. The van der Waals surface area contributed by atoms with E-state index in [1.165, 1.54) is 16.5 Å². The SMILES string of the molecule is Cn1nccc1C(=O)N1CCC[C@@H](C(=O)c2ccc3c4c(cccc24)CC3)C1. The standard InChI is InChI=1S/C23H23N3O2/c1-25-20(11-12-24-25)23(28)26-13-3-5-17(14-26)22(27)19-10-9-16-8-7-15-4-2-6-18(19)21(15)16/h2,4,6,9-12,17H,3,5,7-8,13-14H2,1H3/t17-/m1/s1. The molecule has 5 nitrogen and oxygen atoms in total. The molecule has 0 spiro atoms. The van der Waals surface area contributed by atoms with Gasteiger partial charge in [-0.15, -0.1) is 0 Å². The maximum atomic E-state index is 13.4. The molecule has 142 valence electrons. The van der Waals surface area contributed by atoms with Crippen molar-refractivity contribution < 1.29 is 9.59 Å². The molecule has 0 saturated carbocycles. The maximum absolute atomic E-state index is 13.4. The zero-order valence-electron chi connectivity index (χ0n) is 16.0. The predicted octanol–water partition coefficient (Wildman–Crippen LogP) is 3.41. The summed E-state index contributed by atoms with van der Waals surface area (Å²) >= 11 is 0. The second kappa shape index (κ2) is 6.59. The summed E-state index contributed by atoms with van der Waals surface area (Å²) in [7, 11) is 1.77. The van der Waals surface area contributed by atoms with Gasteiger partial charge in [-0.1, -0.05) is 30.3 Å². The number of carbonyl (C=O) groups excluding carboxylic acids is 2. The minimum absolute atomic E-state index is 0.0436. The van der Waals surface area contributed by atoms with Crippen molar-refractivity contribution in [1.82, 2.24) is 14.7 Å². The highest BCUT2D eigenvalue weighted by molar-refractivity contribution is 6.11. The first-order valence-corrected chi connectivity index (χ1v) is 9.98. The molecule has 2 aromatic carbocycles. The summed E-state index contributed by atoms with van der Waals surface area (Å²) in [6.07, 6.45) is 5.42. The fourth-order valence-corrected chi connectivity index (χ4v) is 4.80. The molecular weight excluding hydrogens is 350 g/mol. The van der Waals surface area contributed by atoms with Crippen LogP contribution in [0.5, 0.6) is 0 Å². The van der Waals surface area contributed by atoms with E-state index >= 15 is 0 Å². The summed E-state index contributed by atoms with van der Waals surface area (Å²) in [5.74, 6) is -0.0274. The topological polar surface area (TPSA) is 55.2 Å². The second-order valence-electron chi connectivity index (χ2n) is 7.91. The first-order chi connectivity index (χ1) is 13.6. The van der Waals surface area contributed by atoms with Gasteiger partial charge >= 0.3 is 0 Å². The van der Waals surface area contributed by atoms with Crippen LogP contribution in [0.25, 0.3) is 10.8 Å². The van der Waals surface area contributed by atoms with Gasteiger partial charge in [0, 0.05) is 37.8 Å². The Bertz CT molecular complexity index is 1090. The molecule has 3 aromatic rings. The predicted molar refractivity (Wildman–Crippen MR) is 108 cm³/mol. The zero-order valence-corrected chi connectivity index (χ0v) is 16.0. The molecule has 1 saturated heterocycles. The molecule has 1 atom stereocenters. The monoisotopic (exact) mass is 373 g/mol. The van der Waals surface area contributed by atoms with E-state index < -0.39 is 0 Å². The highest BCUT2D eigenvalue weighted by Gasteiger charge is 2.31. The number of hydrogen-bond donors (Lipinski definition) is 0. The Kier molecular flexibility index (Phi) is 4.04. The van der Waals surface area contributed by atoms with Crippen molar-refractivity contribution in [3.05, 3.63) is 65.0 Å². The lowest BCUT2D eigenvalue weighted by Gasteiger charge is -2.32. The molecule has 1 amide bonds. The number of benzene rings is 2. The summed E-state index contributed by atoms with van der Waals surface area (Å²) in [6.45, 7) is 1.17. The number of likely N-dealkylation sites (tertiary alicyclic amines) is 1. The van der Waals surface area contributed by atoms with Crippen molar-refractivity contribution in [1.29, 1.82) is 0 Å². The van der Waals surface area contributed by atoms with Gasteiger partial charge in [0.15, 0.2) is 5.78 Å². The number of amides is 1. The number of aryl methyl sites for hydroxylation is 3. The van der Waals surface area contributed by atoms with E-state index in [0.29, 0.717) is 18.8 Å². The van der Waals surface area contributed by atoms with Crippen LogP contribution in [0.3, 0.4) is 0 Å². The molecule has 0 N–H and O–H groups in total. The normalized spacial score (nSPS) is 18.6. The van der Waals surface area contributed by atoms with Crippen LogP contribution >= 0.6 is 0 Å². The van der Waals surface area contributed by atoms with E-state index in [4.69, 9.17) is 0 Å². The first kappa shape index (κ1) is 17.2. The zero-order chi connectivity index (χ0) is 19.3. The van der Waals surface area contributed by atoms with Gasteiger partial charge in [0.1, 0.15) is 5.69 Å². The molecular formula is C23H23N3O2. The molecule has 28 heavy (non-hydrogen) atoms. The third kappa shape index (κ3) is 2.65. The van der Waals surface area contributed by atoms with Crippen LogP contribution in [0.2, 0.25) is 0 Å². The average molecular weight is 373 g/mol. The Morgan fingerprint density at radius 1 is 1.07 bits per heavy atom. The number of carbonyl (C=O) groups is 2. The quantitative estimate of drug-likeness (QED) is 0.661. The van der Waals surface area contributed by atoms with Crippen LogP contribution in [0.15, 0.2) is 42.6 Å². The maximum Gasteiger partial charge on any atom is 0.272 e. The number of piperidine rings is 1. The van der Waals surface area contributed by atoms with Crippen LogP contribution in [-0.4, -0.2) is 39.5 Å². The molecule has 1 fully saturated rings. The van der Waals surface area contributed by atoms with Gasteiger partial charge in [0.25, 0.3) is 5.91 Å². The second-order valence-corrected chi connectivity index (χ2v) is 7.91. The first-order valence-electron chi connectivity index (χ1n) is 9.98. The Morgan fingerprint density at radius 3 is 2.68 bits per heavy atom. The molecule has 5 rings (SSSR count). The number of rotatable bonds is 3. The molecule has 2 aliphatic rings. The average Bonchev–Trinajstić information content (AvgIpc) is 3.35. The van der Waals surface area contributed by atoms with Crippen molar-refractivity contribution in [2.24, 2.45) is 13.0 Å². The molecule has 0 bridgehead atoms. The van der Waals surface area contributed by atoms with Crippen LogP contribution in [-0.2, 0) is 19.9 Å². The Morgan fingerprint density at radius 2 is 1.89 bits per heavy atom. The summed E-state index contributed by atoms with van der Waals surface area (Å²) in [4.78, 5) is 28.1. The van der Waals surface area contributed by atoms with Crippen molar-refractivity contribution in [2.75, 3.05) is 13.1 Å². The van der Waals surface area contributed by atoms with E-state index in [2.05, 4.69) is 29.4 Å². The number of Topliss-reactive ketones (excluding diaryl/α,β-unsaturated/α-hetero) is 1.